The summed E-state index contributed by atoms with van der Waals surface area (Å²) in [6.45, 7) is 9.03. The summed E-state index contributed by atoms with van der Waals surface area (Å²) in [4.78, 5) is 23.1. The van der Waals surface area contributed by atoms with E-state index in [-0.39, 0.29) is 0 Å². The molecule has 98 valence electrons. The Hall–Kier alpha value is -1.26. The summed E-state index contributed by atoms with van der Waals surface area (Å²) in [6, 6.07) is -0.599. The molecule has 0 radical (unpaired) electrons. The maximum atomic E-state index is 11.6. The molecule has 1 N–H and O–H groups in total. The molecule has 1 aliphatic heterocycles. The van der Waals surface area contributed by atoms with E-state index >= 15 is 0 Å². The summed E-state index contributed by atoms with van der Waals surface area (Å²) in [7, 11) is 0. The smallest absolute Gasteiger partial charge is 0.408 e. The standard InChI is InChI=1S/C12H21NO4/c1-11(2,3)17-10(15)13-8-6-7-12(4,5)16-9(8)14/h8H,6-7H2,1-5H3,(H,13,15)/t8-/m0/s1. The summed E-state index contributed by atoms with van der Waals surface area (Å²) >= 11 is 0. The molecule has 0 aromatic rings. The highest BCUT2D eigenvalue weighted by Crippen LogP contribution is 2.24. The van der Waals surface area contributed by atoms with Crippen LogP contribution in [-0.4, -0.2) is 29.3 Å². The first-order chi connectivity index (χ1) is 7.59. The predicted molar refractivity (Wildman–Crippen MR) is 62.6 cm³/mol. The van der Waals surface area contributed by atoms with E-state index in [0.717, 1.165) is 6.42 Å². The third kappa shape index (κ3) is 4.63. The number of ether oxygens (including phenoxy) is 2. The Morgan fingerprint density at radius 3 is 2.53 bits per heavy atom. The van der Waals surface area contributed by atoms with Crippen molar-refractivity contribution in [2.24, 2.45) is 0 Å². The van der Waals surface area contributed by atoms with Crippen molar-refractivity contribution in [3.8, 4) is 0 Å². The monoisotopic (exact) mass is 243 g/mol. The molecule has 0 aromatic carbocycles. The summed E-state index contributed by atoms with van der Waals surface area (Å²) in [5.41, 5.74) is -1.01. The lowest BCUT2D eigenvalue weighted by atomic mass is 9.95. The highest BCUT2D eigenvalue weighted by atomic mass is 16.6. The van der Waals surface area contributed by atoms with Gasteiger partial charge in [-0.3, -0.25) is 0 Å². The fraction of sp³-hybridized carbons (Fsp3) is 0.833. The number of nitrogens with one attached hydrogen (secondary N) is 1. The molecule has 0 bridgehead atoms. The third-order valence-corrected chi connectivity index (χ3v) is 2.39. The highest BCUT2D eigenvalue weighted by molar-refractivity contribution is 5.82. The van der Waals surface area contributed by atoms with E-state index < -0.39 is 29.3 Å². The van der Waals surface area contributed by atoms with Crippen LogP contribution in [0.25, 0.3) is 0 Å². The van der Waals surface area contributed by atoms with Gasteiger partial charge in [-0.1, -0.05) is 0 Å². The molecule has 1 heterocycles. The molecule has 1 rings (SSSR count). The molecular formula is C12H21NO4. The van der Waals surface area contributed by atoms with Gasteiger partial charge < -0.3 is 14.8 Å². The second kappa shape index (κ2) is 4.55. The van der Waals surface area contributed by atoms with Gasteiger partial charge in [0.05, 0.1) is 0 Å². The van der Waals surface area contributed by atoms with Crippen LogP contribution in [0.5, 0.6) is 0 Å². The number of alkyl carbamates (subject to hydrolysis) is 1. The predicted octanol–water partition coefficient (Wildman–Crippen LogP) is 2.00. The Morgan fingerprint density at radius 2 is 2.06 bits per heavy atom. The van der Waals surface area contributed by atoms with Crippen molar-refractivity contribution in [3.63, 3.8) is 0 Å². The molecule has 0 spiro atoms. The summed E-state index contributed by atoms with van der Waals surface area (Å²) < 4.78 is 10.3. The van der Waals surface area contributed by atoms with Gasteiger partial charge in [0.15, 0.2) is 0 Å². The number of amides is 1. The molecule has 1 aliphatic rings. The Kier molecular flexibility index (Phi) is 3.69. The Morgan fingerprint density at radius 1 is 1.47 bits per heavy atom. The van der Waals surface area contributed by atoms with Crippen molar-refractivity contribution in [1.29, 1.82) is 0 Å². The number of hydrogen-bond acceptors (Lipinski definition) is 4. The summed E-state index contributed by atoms with van der Waals surface area (Å²) in [5, 5.41) is 2.53. The molecule has 1 fully saturated rings. The van der Waals surface area contributed by atoms with Crippen LogP contribution in [0.4, 0.5) is 4.79 Å². The zero-order valence-corrected chi connectivity index (χ0v) is 11.1. The van der Waals surface area contributed by atoms with Crippen molar-refractivity contribution in [2.45, 2.75) is 64.7 Å². The number of carbonyl (C=O) groups excluding carboxylic acids is 2. The molecule has 1 amide bonds. The maximum absolute atomic E-state index is 11.6. The minimum atomic E-state index is -0.599. The number of hydrogen-bond donors (Lipinski definition) is 1. The van der Waals surface area contributed by atoms with E-state index in [9.17, 15) is 9.59 Å². The molecule has 5 heteroatoms. The zero-order valence-electron chi connectivity index (χ0n) is 11.1. The SMILES string of the molecule is CC(C)(C)OC(=O)N[C@H]1CCC(C)(C)OC1=O. The van der Waals surface area contributed by atoms with Crippen LogP contribution >= 0.6 is 0 Å². The van der Waals surface area contributed by atoms with Gasteiger partial charge in [-0.05, 0) is 47.5 Å². The van der Waals surface area contributed by atoms with Crippen LogP contribution in [0.15, 0.2) is 0 Å². The Balaban J connectivity index is 2.48. The average Bonchev–Trinajstić information content (AvgIpc) is 2.06. The van der Waals surface area contributed by atoms with Crippen LogP contribution in [0.2, 0.25) is 0 Å². The van der Waals surface area contributed by atoms with Gasteiger partial charge in [-0.25, -0.2) is 9.59 Å². The first kappa shape index (κ1) is 13.8. The molecule has 5 nitrogen and oxygen atoms in total. The normalized spacial score (nSPS) is 23.8. The summed E-state index contributed by atoms with van der Waals surface area (Å²) in [5.74, 6) is -0.396. The lowest BCUT2D eigenvalue weighted by molar-refractivity contribution is -0.166. The van der Waals surface area contributed by atoms with Crippen LogP contribution in [0, 0.1) is 0 Å². The first-order valence-electron chi connectivity index (χ1n) is 5.81. The number of cyclic esters (lactones) is 1. The molecular weight excluding hydrogens is 222 g/mol. The van der Waals surface area contributed by atoms with Gasteiger partial charge >= 0.3 is 12.1 Å². The molecule has 0 aromatic heterocycles. The minimum absolute atomic E-state index is 0.396. The van der Waals surface area contributed by atoms with Gasteiger partial charge in [-0.2, -0.15) is 0 Å². The van der Waals surface area contributed by atoms with E-state index in [1.165, 1.54) is 0 Å². The molecule has 1 atom stereocenters. The number of rotatable bonds is 1. The van der Waals surface area contributed by atoms with Crippen molar-refractivity contribution in [3.05, 3.63) is 0 Å². The van der Waals surface area contributed by atoms with Crippen molar-refractivity contribution < 1.29 is 19.1 Å². The number of carbonyl (C=O) groups is 2. The number of esters is 1. The van der Waals surface area contributed by atoms with Crippen molar-refractivity contribution in [2.75, 3.05) is 0 Å². The molecule has 1 saturated heterocycles. The fourth-order valence-electron chi connectivity index (χ4n) is 1.59. The van der Waals surface area contributed by atoms with Gasteiger partial charge in [0, 0.05) is 0 Å². The summed E-state index contributed by atoms with van der Waals surface area (Å²) in [6.07, 6.45) is 0.712. The Labute approximate surface area is 102 Å². The molecule has 0 saturated carbocycles. The van der Waals surface area contributed by atoms with Gasteiger partial charge in [-0.15, -0.1) is 0 Å². The lowest BCUT2D eigenvalue weighted by Crippen LogP contribution is -2.50. The Bertz CT molecular complexity index is 317. The average molecular weight is 243 g/mol. The van der Waals surface area contributed by atoms with Crippen molar-refractivity contribution in [1.82, 2.24) is 5.32 Å². The minimum Gasteiger partial charge on any atom is -0.458 e. The largest absolute Gasteiger partial charge is 0.458 e. The highest BCUT2D eigenvalue weighted by Gasteiger charge is 2.36. The lowest BCUT2D eigenvalue weighted by Gasteiger charge is -2.34. The zero-order chi connectivity index (χ0) is 13.3. The van der Waals surface area contributed by atoms with Gasteiger partial charge in [0.25, 0.3) is 0 Å². The van der Waals surface area contributed by atoms with Crippen molar-refractivity contribution >= 4 is 12.1 Å². The van der Waals surface area contributed by atoms with Crippen LogP contribution in [0.3, 0.4) is 0 Å². The van der Waals surface area contributed by atoms with E-state index in [4.69, 9.17) is 9.47 Å². The van der Waals surface area contributed by atoms with Gasteiger partial charge in [0.2, 0.25) is 0 Å². The van der Waals surface area contributed by atoms with E-state index in [1.54, 1.807) is 20.8 Å². The molecule has 17 heavy (non-hydrogen) atoms. The van der Waals surface area contributed by atoms with Gasteiger partial charge in [0.1, 0.15) is 17.2 Å². The van der Waals surface area contributed by atoms with Crippen LogP contribution in [0.1, 0.15) is 47.5 Å². The van der Waals surface area contributed by atoms with E-state index in [1.807, 2.05) is 13.8 Å². The second-order valence-corrected chi connectivity index (χ2v) is 5.92. The third-order valence-electron chi connectivity index (χ3n) is 2.39. The maximum Gasteiger partial charge on any atom is 0.408 e. The topological polar surface area (TPSA) is 64.6 Å². The second-order valence-electron chi connectivity index (χ2n) is 5.92. The van der Waals surface area contributed by atoms with Crippen LogP contribution < -0.4 is 5.32 Å². The molecule has 0 unspecified atom stereocenters. The van der Waals surface area contributed by atoms with Crippen LogP contribution in [-0.2, 0) is 14.3 Å². The van der Waals surface area contributed by atoms with E-state index in [0.29, 0.717) is 6.42 Å². The molecule has 0 aliphatic carbocycles. The first-order valence-corrected chi connectivity index (χ1v) is 5.81. The fourth-order valence-corrected chi connectivity index (χ4v) is 1.59. The quantitative estimate of drug-likeness (QED) is 0.715. The van der Waals surface area contributed by atoms with E-state index in [2.05, 4.69) is 5.32 Å².